The Kier molecular flexibility index (Phi) is 4.86. The molecule has 0 aromatic heterocycles. The van der Waals surface area contributed by atoms with Crippen molar-refractivity contribution in [1.29, 1.82) is 0 Å². The van der Waals surface area contributed by atoms with Gasteiger partial charge in [0, 0.05) is 0 Å². The first-order valence-corrected chi connectivity index (χ1v) is 7.21. The summed E-state index contributed by atoms with van der Waals surface area (Å²) in [7, 11) is 1.59. The number of anilines is 2. The van der Waals surface area contributed by atoms with E-state index in [-0.39, 0.29) is 11.8 Å². The van der Waals surface area contributed by atoms with Crippen LogP contribution in [0.5, 0.6) is 5.75 Å². The van der Waals surface area contributed by atoms with E-state index in [1.807, 2.05) is 56.3 Å². The summed E-state index contributed by atoms with van der Waals surface area (Å²) in [5, 5.41) is 0. The van der Waals surface area contributed by atoms with Gasteiger partial charge in [0.2, 0.25) is 5.91 Å². The maximum absolute atomic E-state index is 12.4. The Morgan fingerprint density at radius 2 is 1.71 bits per heavy atom. The molecule has 0 radical (unpaired) electrons. The number of nitrogens with zero attached hydrogens (tertiary/aromatic N) is 1. The van der Waals surface area contributed by atoms with E-state index in [0.717, 1.165) is 16.8 Å². The van der Waals surface area contributed by atoms with Crippen LogP contribution in [0.2, 0.25) is 0 Å². The fourth-order valence-electron chi connectivity index (χ4n) is 2.41. The molecule has 0 atom stereocenters. The lowest BCUT2D eigenvalue weighted by atomic mass is 10.1. The summed E-state index contributed by atoms with van der Waals surface area (Å²) in [6, 6.07) is 13.4. The van der Waals surface area contributed by atoms with Crippen molar-refractivity contribution in [1.82, 2.24) is 0 Å². The second-order valence-electron chi connectivity index (χ2n) is 4.78. The molecule has 110 valence electrons. The summed E-state index contributed by atoms with van der Waals surface area (Å²) >= 11 is 5.81. The fourth-order valence-corrected chi connectivity index (χ4v) is 2.53. The molecule has 0 saturated heterocycles. The lowest BCUT2D eigenvalue weighted by Crippen LogP contribution is -2.28. The second-order valence-corrected chi connectivity index (χ2v) is 5.04. The molecule has 0 fully saturated rings. The first-order valence-electron chi connectivity index (χ1n) is 6.68. The number of halogens is 1. The van der Waals surface area contributed by atoms with Crippen LogP contribution < -0.4 is 9.64 Å². The normalized spacial score (nSPS) is 10.3. The van der Waals surface area contributed by atoms with Gasteiger partial charge in [-0.2, -0.15) is 0 Å². The molecule has 0 bridgehead atoms. The first kappa shape index (κ1) is 15.4. The van der Waals surface area contributed by atoms with Crippen LogP contribution in [0.25, 0.3) is 0 Å². The predicted molar refractivity (Wildman–Crippen MR) is 86.8 cm³/mol. The zero-order chi connectivity index (χ0) is 15.4. The van der Waals surface area contributed by atoms with Gasteiger partial charge in [-0.25, -0.2) is 0 Å². The van der Waals surface area contributed by atoms with Crippen molar-refractivity contribution in [2.75, 3.05) is 17.9 Å². The monoisotopic (exact) mass is 303 g/mol. The van der Waals surface area contributed by atoms with E-state index in [4.69, 9.17) is 16.3 Å². The summed E-state index contributed by atoms with van der Waals surface area (Å²) in [4.78, 5) is 14.1. The molecule has 0 saturated carbocycles. The minimum atomic E-state index is -0.182. The number of benzene rings is 2. The van der Waals surface area contributed by atoms with Crippen LogP contribution in [0.3, 0.4) is 0 Å². The standard InChI is InChI=1S/C17H18ClNO2/c1-12-7-6-8-13(2)17(12)19(16(20)11-18)14-9-4-5-10-15(14)21-3/h4-10H,11H2,1-3H3. The summed E-state index contributed by atoms with van der Waals surface area (Å²) in [6.07, 6.45) is 0. The van der Waals surface area contributed by atoms with Gasteiger partial charge in [0.1, 0.15) is 11.6 Å². The maximum atomic E-state index is 12.4. The molecule has 0 aliphatic heterocycles. The quantitative estimate of drug-likeness (QED) is 0.792. The molecule has 0 N–H and O–H groups in total. The third-order valence-electron chi connectivity index (χ3n) is 3.35. The highest BCUT2D eigenvalue weighted by atomic mass is 35.5. The highest BCUT2D eigenvalue weighted by Crippen LogP contribution is 2.37. The van der Waals surface area contributed by atoms with E-state index in [2.05, 4.69) is 0 Å². The van der Waals surface area contributed by atoms with Crippen LogP contribution in [-0.2, 0) is 4.79 Å². The SMILES string of the molecule is COc1ccccc1N(C(=O)CCl)c1c(C)cccc1C. The number of alkyl halides is 1. The number of hydrogen-bond acceptors (Lipinski definition) is 2. The van der Waals surface area contributed by atoms with Crippen LogP contribution in [0, 0.1) is 13.8 Å². The number of aryl methyl sites for hydroxylation is 2. The van der Waals surface area contributed by atoms with Gasteiger partial charge in [-0.15, -0.1) is 11.6 Å². The molecule has 1 amide bonds. The Bertz CT molecular complexity index is 635. The molecular weight excluding hydrogens is 286 g/mol. The molecular formula is C17H18ClNO2. The van der Waals surface area contributed by atoms with Crippen molar-refractivity contribution >= 4 is 28.9 Å². The van der Waals surface area contributed by atoms with Crippen molar-refractivity contribution in [2.24, 2.45) is 0 Å². The van der Waals surface area contributed by atoms with E-state index >= 15 is 0 Å². The molecule has 0 heterocycles. The largest absolute Gasteiger partial charge is 0.495 e. The number of carbonyl (C=O) groups excluding carboxylic acids is 1. The number of ether oxygens (including phenoxy) is 1. The number of amides is 1. The fraction of sp³-hybridized carbons (Fsp3) is 0.235. The lowest BCUT2D eigenvalue weighted by Gasteiger charge is -2.27. The summed E-state index contributed by atoms with van der Waals surface area (Å²) in [5.41, 5.74) is 3.58. The van der Waals surface area contributed by atoms with Crippen molar-refractivity contribution in [3.8, 4) is 5.75 Å². The molecule has 0 aliphatic carbocycles. The van der Waals surface area contributed by atoms with Gasteiger partial charge in [0.15, 0.2) is 0 Å². The average molecular weight is 304 g/mol. The van der Waals surface area contributed by atoms with Crippen LogP contribution in [0.1, 0.15) is 11.1 Å². The molecule has 3 nitrogen and oxygen atoms in total. The molecule has 2 aromatic rings. The molecule has 2 rings (SSSR count). The van der Waals surface area contributed by atoms with Gasteiger partial charge in [-0.1, -0.05) is 30.3 Å². The number of carbonyl (C=O) groups is 1. The summed E-state index contributed by atoms with van der Waals surface area (Å²) in [6.45, 7) is 3.96. The van der Waals surface area contributed by atoms with Gasteiger partial charge in [0.05, 0.1) is 18.5 Å². The van der Waals surface area contributed by atoms with E-state index in [1.54, 1.807) is 12.0 Å². The second kappa shape index (κ2) is 6.64. The van der Waals surface area contributed by atoms with Crippen LogP contribution >= 0.6 is 11.6 Å². The minimum Gasteiger partial charge on any atom is -0.495 e. The Balaban J connectivity index is 2.67. The molecule has 2 aromatic carbocycles. The highest BCUT2D eigenvalue weighted by Gasteiger charge is 2.23. The zero-order valence-corrected chi connectivity index (χ0v) is 13.1. The van der Waals surface area contributed by atoms with E-state index in [9.17, 15) is 4.79 Å². The Morgan fingerprint density at radius 1 is 1.10 bits per heavy atom. The zero-order valence-electron chi connectivity index (χ0n) is 12.4. The third-order valence-corrected chi connectivity index (χ3v) is 3.58. The Labute approximate surface area is 130 Å². The smallest absolute Gasteiger partial charge is 0.246 e. The third kappa shape index (κ3) is 3.03. The molecule has 0 spiro atoms. The van der Waals surface area contributed by atoms with E-state index in [1.165, 1.54) is 0 Å². The first-order chi connectivity index (χ1) is 10.1. The van der Waals surface area contributed by atoms with Crippen LogP contribution in [0.15, 0.2) is 42.5 Å². The Morgan fingerprint density at radius 3 is 2.29 bits per heavy atom. The van der Waals surface area contributed by atoms with Crippen LogP contribution in [-0.4, -0.2) is 18.9 Å². The van der Waals surface area contributed by atoms with Gasteiger partial charge in [0.25, 0.3) is 0 Å². The topological polar surface area (TPSA) is 29.5 Å². The lowest BCUT2D eigenvalue weighted by molar-refractivity contribution is -0.115. The van der Waals surface area contributed by atoms with Crippen LogP contribution in [0.4, 0.5) is 11.4 Å². The maximum Gasteiger partial charge on any atom is 0.246 e. The van der Waals surface area contributed by atoms with Gasteiger partial charge in [-0.05, 0) is 37.1 Å². The minimum absolute atomic E-state index is 0.0914. The Hall–Kier alpha value is -2.00. The molecule has 4 heteroatoms. The summed E-state index contributed by atoms with van der Waals surface area (Å²) < 4.78 is 5.39. The number of para-hydroxylation sites is 3. The average Bonchev–Trinajstić information content (AvgIpc) is 2.50. The highest BCUT2D eigenvalue weighted by molar-refractivity contribution is 6.30. The van der Waals surface area contributed by atoms with E-state index in [0.29, 0.717) is 11.4 Å². The van der Waals surface area contributed by atoms with Crippen molar-refractivity contribution < 1.29 is 9.53 Å². The van der Waals surface area contributed by atoms with Gasteiger partial charge in [-0.3, -0.25) is 9.69 Å². The number of rotatable bonds is 4. The van der Waals surface area contributed by atoms with E-state index < -0.39 is 0 Å². The van der Waals surface area contributed by atoms with Crippen molar-refractivity contribution in [2.45, 2.75) is 13.8 Å². The molecule has 21 heavy (non-hydrogen) atoms. The number of methoxy groups -OCH3 is 1. The molecule has 0 unspecified atom stereocenters. The summed E-state index contributed by atoms with van der Waals surface area (Å²) in [5.74, 6) is 0.364. The predicted octanol–water partition coefficient (Wildman–Crippen LogP) is 4.22. The van der Waals surface area contributed by atoms with Crippen molar-refractivity contribution in [3.05, 3.63) is 53.6 Å². The van der Waals surface area contributed by atoms with Gasteiger partial charge >= 0.3 is 0 Å². The molecule has 0 aliphatic rings. The van der Waals surface area contributed by atoms with Crippen molar-refractivity contribution in [3.63, 3.8) is 0 Å². The van der Waals surface area contributed by atoms with Gasteiger partial charge < -0.3 is 4.74 Å². The number of hydrogen-bond donors (Lipinski definition) is 0.